The van der Waals surface area contributed by atoms with E-state index in [0.29, 0.717) is 16.8 Å². The zero-order chi connectivity index (χ0) is 17.5. The van der Waals surface area contributed by atoms with Crippen molar-refractivity contribution in [2.75, 3.05) is 24.2 Å². The molecule has 0 spiro atoms. The lowest BCUT2D eigenvalue weighted by atomic mass is 10.4. The number of nitrogens with one attached hydrogen (secondary N) is 2. The molecule has 0 saturated heterocycles. The van der Waals surface area contributed by atoms with Gasteiger partial charge in [-0.2, -0.15) is 13.2 Å². The van der Waals surface area contributed by atoms with Crippen molar-refractivity contribution in [3.05, 3.63) is 5.01 Å². The number of hydrogen-bond acceptors (Lipinski definition) is 7. The van der Waals surface area contributed by atoms with E-state index < -0.39 is 35.7 Å². The predicted octanol–water partition coefficient (Wildman–Crippen LogP) is 2.20. The normalized spacial score (nSPS) is 12.6. The average Bonchev–Trinajstić information content (AvgIpc) is 2.82. The van der Waals surface area contributed by atoms with Gasteiger partial charge in [0.2, 0.25) is 5.13 Å². The largest absolute Gasteiger partial charge is 0.465 e. The van der Waals surface area contributed by atoms with Crippen LogP contribution in [0.15, 0.2) is 0 Å². The highest BCUT2D eigenvalue weighted by Gasteiger charge is 2.40. The van der Waals surface area contributed by atoms with Crippen molar-refractivity contribution in [1.82, 2.24) is 15.5 Å². The molecule has 0 aromatic carbocycles. The van der Waals surface area contributed by atoms with Crippen LogP contribution in [0.1, 0.15) is 11.9 Å². The van der Waals surface area contributed by atoms with Gasteiger partial charge >= 0.3 is 18.2 Å². The first-order valence-electron chi connectivity index (χ1n) is 6.41. The number of urea groups is 1. The Morgan fingerprint density at radius 2 is 2.09 bits per heavy atom. The lowest BCUT2D eigenvalue weighted by molar-refractivity contribution is -0.139. The van der Waals surface area contributed by atoms with Crippen LogP contribution in [-0.4, -0.2) is 52.5 Å². The highest BCUT2D eigenvalue weighted by atomic mass is 32.2. The van der Waals surface area contributed by atoms with Crippen molar-refractivity contribution < 1.29 is 27.5 Å². The fourth-order valence-corrected chi connectivity index (χ4v) is 2.71. The van der Waals surface area contributed by atoms with Crippen LogP contribution >= 0.6 is 23.1 Å². The van der Waals surface area contributed by atoms with E-state index in [4.69, 9.17) is 0 Å². The fraction of sp³-hybridized carbons (Fsp3) is 0.636. The number of esters is 1. The van der Waals surface area contributed by atoms with E-state index in [1.54, 1.807) is 13.8 Å². The standard InChI is InChI=1S/C11H15F3N4O3S2/c1-3-21-8(19)5-22-7(11(12,13)14)4-15-9(20)16-10-18-17-6(2)23-10/h7H,3-5H2,1-2H3,(H2,15,16,18,20). The molecule has 2 N–H and O–H groups in total. The third kappa shape index (κ3) is 7.50. The summed E-state index contributed by atoms with van der Waals surface area (Å²) in [5.74, 6) is -1.18. The molecule has 1 rings (SSSR count). The summed E-state index contributed by atoms with van der Waals surface area (Å²) < 4.78 is 43.2. The Bertz CT molecular complexity index is 539. The Hall–Kier alpha value is -1.56. The topological polar surface area (TPSA) is 93.2 Å². The minimum absolute atomic E-state index is 0.0952. The van der Waals surface area contributed by atoms with E-state index in [1.807, 2.05) is 0 Å². The molecule has 1 aromatic rings. The number of ether oxygens (including phenoxy) is 1. The van der Waals surface area contributed by atoms with Gasteiger partial charge in [-0.1, -0.05) is 11.3 Å². The molecule has 0 aliphatic rings. The molecule has 0 fully saturated rings. The number of aromatic nitrogens is 2. The molecule has 7 nitrogen and oxygen atoms in total. The number of amides is 2. The molecule has 0 bridgehead atoms. The molecule has 23 heavy (non-hydrogen) atoms. The van der Waals surface area contributed by atoms with E-state index >= 15 is 0 Å². The van der Waals surface area contributed by atoms with Gasteiger partial charge in [-0.15, -0.1) is 22.0 Å². The average molecular weight is 372 g/mol. The lowest BCUT2D eigenvalue weighted by Crippen LogP contribution is -2.41. The number of nitrogens with zero attached hydrogens (tertiary/aromatic N) is 2. The minimum Gasteiger partial charge on any atom is -0.465 e. The number of aryl methyl sites for hydroxylation is 1. The summed E-state index contributed by atoms with van der Waals surface area (Å²) in [7, 11) is 0. The maximum atomic E-state index is 12.9. The fourth-order valence-electron chi connectivity index (χ4n) is 1.31. The van der Waals surface area contributed by atoms with Crippen molar-refractivity contribution >= 4 is 40.2 Å². The van der Waals surface area contributed by atoms with Crippen molar-refractivity contribution in [2.45, 2.75) is 25.3 Å². The van der Waals surface area contributed by atoms with Crippen molar-refractivity contribution in [2.24, 2.45) is 0 Å². The zero-order valence-corrected chi connectivity index (χ0v) is 13.9. The predicted molar refractivity (Wildman–Crippen MR) is 80.6 cm³/mol. The van der Waals surface area contributed by atoms with Gasteiger partial charge in [-0.3, -0.25) is 10.1 Å². The molecular weight excluding hydrogens is 357 g/mol. The first-order valence-corrected chi connectivity index (χ1v) is 8.27. The molecule has 1 aromatic heterocycles. The Morgan fingerprint density at radius 3 is 2.61 bits per heavy atom. The monoisotopic (exact) mass is 372 g/mol. The number of alkyl halides is 3. The first kappa shape index (κ1) is 19.5. The Labute approximate surface area is 138 Å². The summed E-state index contributed by atoms with van der Waals surface area (Å²) in [6, 6.07) is -0.827. The van der Waals surface area contributed by atoms with Crippen LogP contribution in [0.4, 0.5) is 23.1 Å². The number of rotatable bonds is 7. The molecule has 1 atom stereocenters. The first-order chi connectivity index (χ1) is 10.7. The molecule has 2 amide bonds. The SMILES string of the molecule is CCOC(=O)CSC(CNC(=O)Nc1nnc(C)s1)C(F)(F)F. The van der Waals surface area contributed by atoms with Crippen LogP contribution in [0, 0.1) is 6.92 Å². The van der Waals surface area contributed by atoms with Gasteiger partial charge in [0, 0.05) is 6.54 Å². The van der Waals surface area contributed by atoms with Crippen LogP contribution in [0.3, 0.4) is 0 Å². The zero-order valence-electron chi connectivity index (χ0n) is 12.3. The van der Waals surface area contributed by atoms with Gasteiger partial charge in [0.05, 0.1) is 12.4 Å². The maximum Gasteiger partial charge on any atom is 0.402 e. The quantitative estimate of drug-likeness (QED) is 0.713. The number of halogens is 3. The molecule has 12 heteroatoms. The molecule has 1 heterocycles. The van der Waals surface area contributed by atoms with Crippen LogP contribution in [0.25, 0.3) is 0 Å². The van der Waals surface area contributed by atoms with E-state index in [9.17, 15) is 22.8 Å². The van der Waals surface area contributed by atoms with Crippen LogP contribution in [0.2, 0.25) is 0 Å². The molecule has 1 unspecified atom stereocenters. The Kier molecular flexibility index (Phi) is 7.55. The van der Waals surface area contributed by atoms with Crippen LogP contribution < -0.4 is 10.6 Å². The third-order valence-electron chi connectivity index (χ3n) is 2.27. The third-order valence-corrected chi connectivity index (χ3v) is 4.26. The van der Waals surface area contributed by atoms with Crippen molar-refractivity contribution in [3.8, 4) is 0 Å². The van der Waals surface area contributed by atoms with Gasteiger partial charge in [0.15, 0.2) is 0 Å². The van der Waals surface area contributed by atoms with Gasteiger partial charge in [-0.05, 0) is 13.8 Å². The second-order valence-corrected chi connectivity index (χ2v) is 6.48. The van der Waals surface area contributed by atoms with Gasteiger partial charge in [-0.25, -0.2) is 4.79 Å². The molecule has 0 radical (unpaired) electrons. The van der Waals surface area contributed by atoms with Gasteiger partial charge in [0.1, 0.15) is 10.3 Å². The number of hydrogen-bond donors (Lipinski definition) is 2. The summed E-state index contributed by atoms with van der Waals surface area (Å²) >= 11 is 1.45. The summed E-state index contributed by atoms with van der Waals surface area (Å²) in [4.78, 5) is 22.7. The highest BCUT2D eigenvalue weighted by molar-refractivity contribution is 8.00. The summed E-state index contributed by atoms with van der Waals surface area (Å²) in [5.41, 5.74) is 0. The molecule has 130 valence electrons. The minimum atomic E-state index is -4.57. The number of anilines is 1. The van der Waals surface area contributed by atoms with Crippen LogP contribution in [0.5, 0.6) is 0 Å². The van der Waals surface area contributed by atoms with E-state index in [0.717, 1.165) is 11.3 Å². The van der Waals surface area contributed by atoms with E-state index in [2.05, 4.69) is 25.6 Å². The van der Waals surface area contributed by atoms with Crippen molar-refractivity contribution in [3.63, 3.8) is 0 Å². The Morgan fingerprint density at radius 1 is 1.39 bits per heavy atom. The second-order valence-electron chi connectivity index (χ2n) is 4.11. The molecule has 0 aliphatic heterocycles. The maximum absolute atomic E-state index is 12.9. The smallest absolute Gasteiger partial charge is 0.402 e. The van der Waals surface area contributed by atoms with Gasteiger partial charge < -0.3 is 10.1 Å². The van der Waals surface area contributed by atoms with Gasteiger partial charge in [0.25, 0.3) is 0 Å². The second kappa shape index (κ2) is 8.91. The number of thioether (sulfide) groups is 1. The summed E-state index contributed by atoms with van der Waals surface area (Å²) in [5, 5.41) is 10.5. The molecule has 0 saturated carbocycles. The highest BCUT2D eigenvalue weighted by Crippen LogP contribution is 2.30. The number of carbonyl (C=O) groups is 2. The number of carbonyl (C=O) groups excluding carboxylic acids is 2. The summed E-state index contributed by atoms with van der Waals surface area (Å²) in [6.07, 6.45) is -4.57. The van der Waals surface area contributed by atoms with E-state index in [-0.39, 0.29) is 11.7 Å². The molecule has 0 aliphatic carbocycles. The van der Waals surface area contributed by atoms with Crippen LogP contribution in [-0.2, 0) is 9.53 Å². The summed E-state index contributed by atoms with van der Waals surface area (Å²) in [6.45, 7) is 2.65. The van der Waals surface area contributed by atoms with E-state index in [1.165, 1.54) is 0 Å². The molecular formula is C11H15F3N4O3S2. The lowest BCUT2D eigenvalue weighted by Gasteiger charge is -2.19. The van der Waals surface area contributed by atoms with Crippen molar-refractivity contribution in [1.29, 1.82) is 0 Å². The Balaban J connectivity index is 2.47.